The Morgan fingerprint density at radius 3 is 2.74 bits per heavy atom. The highest BCUT2D eigenvalue weighted by Crippen LogP contribution is 2.43. The summed E-state index contributed by atoms with van der Waals surface area (Å²) in [5, 5.41) is 4.00. The molecule has 19 heavy (non-hydrogen) atoms. The summed E-state index contributed by atoms with van der Waals surface area (Å²) in [6.07, 6.45) is 2.83. The van der Waals surface area contributed by atoms with Gasteiger partial charge < -0.3 is 5.32 Å². The van der Waals surface area contributed by atoms with E-state index < -0.39 is 14.6 Å². The Balaban J connectivity index is 1.82. The highest BCUT2D eigenvalue weighted by atomic mass is 32.2. The first kappa shape index (κ1) is 12.9. The van der Waals surface area contributed by atoms with Crippen LogP contribution in [-0.4, -0.2) is 30.9 Å². The van der Waals surface area contributed by atoms with Gasteiger partial charge in [-0.3, -0.25) is 0 Å². The van der Waals surface area contributed by atoms with Crippen molar-refractivity contribution in [1.82, 2.24) is 4.98 Å². The number of benzene rings is 1. The van der Waals surface area contributed by atoms with Crippen molar-refractivity contribution in [2.24, 2.45) is 0 Å². The van der Waals surface area contributed by atoms with Crippen molar-refractivity contribution < 1.29 is 8.42 Å². The van der Waals surface area contributed by atoms with Crippen LogP contribution < -0.4 is 5.32 Å². The predicted octanol–water partition coefficient (Wildman–Crippen LogP) is 2.59. The Morgan fingerprint density at radius 2 is 2.16 bits per heavy atom. The maximum atomic E-state index is 11.7. The second kappa shape index (κ2) is 4.18. The molecule has 0 unspecified atom stereocenters. The van der Waals surface area contributed by atoms with Crippen LogP contribution in [0.2, 0.25) is 0 Å². The van der Waals surface area contributed by atoms with Crippen LogP contribution in [0.15, 0.2) is 18.2 Å². The lowest BCUT2D eigenvalue weighted by Gasteiger charge is -2.12. The summed E-state index contributed by atoms with van der Waals surface area (Å²) in [6, 6.07) is 6.02. The Bertz CT molecular complexity index is 730. The zero-order chi connectivity index (χ0) is 13.7. The highest BCUT2D eigenvalue weighted by molar-refractivity contribution is 7.92. The molecule has 0 saturated heterocycles. The van der Waals surface area contributed by atoms with Gasteiger partial charge in [-0.2, -0.15) is 0 Å². The summed E-state index contributed by atoms with van der Waals surface area (Å²) in [5.41, 5.74) is 2.17. The molecule has 3 rings (SSSR count). The molecule has 1 aromatic carbocycles. The third-order valence-corrected chi connectivity index (χ3v) is 7.06. The second-order valence-corrected chi connectivity index (χ2v) is 8.66. The average Bonchev–Trinajstić information content (AvgIpc) is 3.01. The average molecular weight is 296 g/mol. The fraction of sp³-hybridized carbons (Fsp3) is 0.462. The molecule has 0 atom stereocenters. The Morgan fingerprint density at radius 1 is 1.42 bits per heavy atom. The fourth-order valence-electron chi connectivity index (χ4n) is 2.22. The summed E-state index contributed by atoms with van der Waals surface area (Å²) < 4.78 is 24.0. The van der Waals surface area contributed by atoms with E-state index in [2.05, 4.69) is 23.3 Å². The van der Waals surface area contributed by atoms with Crippen molar-refractivity contribution in [3.63, 3.8) is 0 Å². The number of nitrogens with one attached hydrogen (secondary N) is 1. The quantitative estimate of drug-likeness (QED) is 0.942. The monoisotopic (exact) mass is 296 g/mol. The van der Waals surface area contributed by atoms with E-state index in [1.807, 2.05) is 12.1 Å². The van der Waals surface area contributed by atoms with Crippen molar-refractivity contribution in [1.29, 1.82) is 0 Å². The maximum Gasteiger partial charge on any atom is 0.183 e. The number of rotatable bonds is 4. The number of anilines is 1. The first-order valence-corrected chi connectivity index (χ1v) is 8.92. The Kier molecular flexibility index (Phi) is 2.83. The number of aryl methyl sites for hydroxylation is 1. The van der Waals surface area contributed by atoms with Gasteiger partial charge in [0.2, 0.25) is 0 Å². The van der Waals surface area contributed by atoms with Gasteiger partial charge in [0.15, 0.2) is 15.0 Å². The SMILES string of the molecule is Cc1cccc2nc(NCC3(S(C)(=O)=O)CC3)sc12. The van der Waals surface area contributed by atoms with Gasteiger partial charge in [-0.15, -0.1) is 0 Å². The number of thiazole rings is 1. The lowest BCUT2D eigenvalue weighted by Crippen LogP contribution is -2.30. The van der Waals surface area contributed by atoms with Crippen LogP contribution in [0.4, 0.5) is 5.13 Å². The van der Waals surface area contributed by atoms with E-state index in [9.17, 15) is 8.42 Å². The normalized spacial score (nSPS) is 17.6. The van der Waals surface area contributed by atoms with Crippen molar-refractivity contribution in [3.05, 3.63) is 23.8 Å². The molecule has 1 aromatic heterocycles. The van der Waals surface area contributed by atoms with Gasteiger partial charge in [0.05, 0.1) is 15.0 Å². The number of sulfone groups is 1. The lowest BCUT2D eigenvalue weighted by molar-refractivity contribution is 0.585. The molecule has 1 saturated carbocycles. The molecule has 4 nitrogen and oxygen atoms in total. The largest absolute Gasteiger partial charge is 0.360 e. The first-order valence-electron chi connectivity index (χ1n) is 6.21. The van der Waals surface area contributed by atoms with Crippen LogP contribution in [0.5, 0.6) is 0 Å². The van der Waals surface area contributed by atoms with Gasteiger partial charge in [0.25, 0.3) is 0 Å². The predicted molar refractivity (Wildman–Crippen MR) is 79.7 cm³/mol. The van der Waals surface area contributed by atoms with E-state index in [0.29, 0.717) is 6.54 Å². The summed E-state index contributed by atoms with van der Waals surface area (Å²) >= 11 is 1.59. The van der Waals surface area contributed by atoms with Crippen molar-refractivity contribution >= 4 is 36.5 Å². The van der Waals surface area contributed by atoms with E-state index in [4.69, 9.17) is 0 Å². The second-order valence-electron chi connectivity index (χ2n) is 5.25. The molecule has 1 fully saturated rings. The molecule has 1 N–H and O–H groups in total. The highest BCUT2D eigenvalue weighted by Gasteiger charge is 2.51. The number of aromatic nitrogens is 1. The van der Waals surface area contributed by atoms with Gasteiger partial charge in [0.1, 0.15) is 0 Å². The minimum absolute atomic E-state index is 0.463. The third-order valence-electron chi connectivity index (χ3n) is 3.77. The van der Waals surface area contributed by atoms with Crippen LogP contribution in [-0.2, 0) is 9.84 Å². The number of nitrogens with zero attached hydrogens (tertiary/aromatic N) is 1. The molecular weight excluding hydrogens is 280 g/mol. The molecular formula is C13H16N2O2S2. The van der Waals surface area contributed by atoms with E-state index >= 15 is 0 Å². The van der Waals surface area contributed by atoms with E-state index in [0.717, 1.165) is 28.2 Å². The van der Waals surface area contributed by atoms with E-state index in [1.165, 1.54) is 11.8 Å². The van der Waals surface area contributed by atoms with Crippen LogP contribution >= 0.6 is 11.3 Å². The van der Waals surface area contributed by atoms with Crippen molar-refractivity contribution in [3.8, 4) is 0 Å². The summed E-state index contributed by atoms with van der Waals surface area (Å²) in [6.45, 7) is 2.52. The van der Waals surface area contributed by atoms with Crippen LogP contribution in [0.1, 0.15) is 18.4 Å². The molecule has 1 heterocycles. The minimum Gasteiger partial charge on any atom is -0.360 e. The van der Waals surface area contributed by atoms with Gasteiger partial charge in [-0.05, 0) is 31.4 Å². The molecule has 2 aromatic rings. The van der Waals surface area contributed by atoms with Crippen molar-refractivity contribution in [2.75, 3.05) is 18.1 Å². The number of hydrogen-bond acceptors (Lipinski definition) is 5. The lowest BCUT2D eigenvalue weighted by atomic mass is 10.2. The van der Waals surface area contributed by atoms with Gasteiger partial charge in [-0.1, -0.05) is 23.5 Å². The van der Waals surface area contributed by atoms with Gasteiger partial charge >= 0.3 is 0 Å². The molecule has 0 spiro atoms. The smallest absolute Gasteiger partial charge is 0.183 e. The third kappa shape index (κ3) is 2.23. The topological polar surface area (TPSA) is 59.1 Å². The van der Waals surface area contributed by atoms with Gasteiger partial charge in [-0.25, -0.2) is 13.4 Å². The van der Waals surface area contributed by atoms with E-state index in [-0.39, 0.29) is 0 Å². The molecule has 1 aliphatic carbocycles. The summed E-state index contributed by atoms with van der Waals surface area (Å²) in [7, 11) is -2.99. The first-order chi connectivity index (χ1) is 8.91. The molecule has 0 aliphatic heterocycles. The maximum absolute atomic E-state index is 11.7. The van der Waals surface area contributed by atoms with Gasteiger partial charge in [0, 0.05) is 12.8 Å². The summed E-state index contributed by atoms with van der Waals surface area (Å²) in [5.74, 6) is 0. The Labute approximate surface area is 116 Å². The zero-order valence-corrected chi connectivity index (χ0v) is 12.6. The molecule has 102 valence electrons. The van der Waals surface area contributed by atoms with Crippen LogP contribution in [0.3, 0.4) is 0 Å². The Hall–Kier alpha value is -1.14. The number of fused-ring (bicyclic) bond motifs is 1. The van der Waals surface area contributed by atoms with Crippen LogP contribution in [0.25, 0.3) is 10.2 Å². The van der Waals surface area contributed by atoms with Crippen molar-refractivity contribution in [2.45, 2.75) is 24.5 Å². The molecule has 0 bridgehead atoms. The summed E-state index contributed by atoms with van der Waals surface area (Å²) in [4.78, 5) is 4.50. The molecule has 6 heteroatoms. The van der Waals surface area contributed by atoms with E-state index in [1.54, 1.807) is 11.3 Å². The molecule has 0 radical (unpaired) electrons. The molecule has 0 amide bonds. The zero-order valence-electron chi connectivity index (χ0n) is 10.9. The number of hydrogen-bond donors (Lipinski definition) is 1. The minimum atomic E-state index is -2.99. The fourth-order valence-corrected chi connectivity index (χ4v) is 4.32. The van der Waals surface area contributed by atoms with Crippen LogP contribution in [0, 0.1) is 6.92 Å². The standard InChI is InChI=1S/C13H16N2O2S2/c1-9-4-3-5-10-11(9)18-12(15-10)14-8-13(6-7-13)19(2,16)17/h3-5H,6-8H2,1-2H3,(H,14,15). The molecule has 1 aliphatic rings.